The Kier molecular flexibility index (Phi) is 7.16. The molecule has 0 aliphatic carbocycles. The topological polar surface area (TPSA) is 91.7 Å². The number of hydrogen-bond acceptors (Lipinski definition) is 5. The molecule has 30 heavy (non-hydrogen) atoms. The van der Waals surface area contributed by atoms with E-state index in [1.165, 1.54) is 24.4 Å². The zero-order valence-corrected chi connectivity index (χ0v) is 19.0. The smallest absolute Gasteiger partial charge is 0.265 e. The first kappa shape index (κ1) is 21.9. The number of carbonyl (C=O) groups is 1. The van der Waals surface area contributed by atoms with Gasteiger partial charge in [-0.15, -0.1) is 0 Å². The SMILES string of the molecule is C/C(=N/NC(=O)CN(c1ccccn1)S(=O)(=O)c1ccccc1)c1ccc(I)cc1. The van der Waals surface area contributed by atoms with Gasteiger partial charge in [-0.3, -0.25) is 4.79 Å². The molecule has 3 rings (SSSR count). The van der Waals surface area contributed by atoms with Gasteiger partial charge in [0.2, 0.25) is 0 Å². The van der Waals surface area contributed by atoms with E-state index in [1.54, 1.807) is 37.3 Å². The average molecular weight is 534 g/mol. The number of nitrogens with one attached hydrogen (secondary N) is 1. The third kappa shape index (κ3) is 5.42. The van der Waals surface area contributed by atoms with Crippen molar-refractivity contribution in [2.75, 3.05) is 10.8 Å². The highest BCUT2D eigenvalue weighted by molar-refractivity contribution is 14.1. The summed E-state index contributed by atoms with van der Waals surface area (Å²) in [7, 11) is -3.98. The second kappa shape index (κ2) is 9.81. The van der Waals surface area contributed by atoms with Crippen molar-refractivity contribution in [3.05, 3.63) is 88.1 Å². The standard InChI is InChI=1S/C21H19IN4O3S/c1-16(17-10-12-18(22)13-11-17)24-25-21(27)15-26(20-9-5-6-14-23-20)30(28,29)19-7-3-2-4-8-19/h2-14H,15H2,1H3,(H,25,27)/b24-16-. The van der Waals surface area contributed by atoms with Crippen molar-refractivity contribution in [3.63, 3.8) is 0 Å². The van der Waals surface area contributed by atoms with Crippen LogP contribution in [0.2, 0.25) is 0 Å². The second-order valence-corrected chi connectivity index (χ2v) is 9.36. The van der Waals surface area contributed by atoms with Gasteiger partial charge < -0.3 is 0 Å². The van der Waals surface area contributed by atoms with Crippen LogP contribution < -0.4 is 9.73 Å². The lowest BCUT2D eigenvalue weighted by Crippen LogP contribution is -2.40. The van der Waals surface area contributed by atoms with Crippen LogP contribution >= 0.6 is 22.6 Å². The maximum atomic E-state index is 13.1. The summed E-state index contributed by atoms with van der Waals surface area (Å²) in [6, 6.07) is 20.4. The summed E-state index contributed by atoms with van der Waals surface area (Å²) >= 11 is 2.20. The largest absolute Gasteiger partial charge is 0.271 e. The minimum Gasteiger partial charge on any atom is -0.271 e. The molecule has 0 aliphatic heterocycles. The molecule has 3 aromatic rings. The zero-order valence-electron chi connectivity index (χ0n) is 16.1. The maximum Gasteiger partial charge on any atom is 0.265 e. The van der Waals surface area contributed by atoms with E-state index in [1.807, 2.05) is 24.3 Å². The Bertz CT molecular complexity index is 1140. The van der Waals surface area contributed by atoms with Crippen LogP contribution in [0.25, 0.3) is 0 Å². The van der Waals surface area contributed by atoms with Crippen molar-refractivity contribution in [1.29, 1.82) is 0 Å². The number of aromatic nitrogens is 1. The number of hydrazone groups is 1. The molecule has 0 saturated heterocycles. The summed E-state index contributed by atoms with van der Waals surface area (Å²) in [5.41, 5.74) is 3.89. The Hall–Kier alpha value is -2.79. The molecular weight excluding hydrogens is 515 g/mol. The van der Waals surface area contributed by atoms with Gasteiger partial charge >= 0.3 is 0 Å². The summed E-state index contributed by atoms with van der Waals surface area (Å²) in [6.45, 7) is 1.30. The van der Waals surface area contributed by atoms with Crippen molar-refractivity contribution in [2.24, 2.45) is 5.10 Å². The molecule has 0 aliphatic rings. The number of sulfonamides is 1. The van der Waals surface area contributed by atoms with E-state index in [0.29, 0.717) is 5.71 Å². The van der Waals surface area contributed by atoms with Gasteiger partial charge in [0.25, 0.3) is 15.9 Å². The molecule has 1 amide bonds. The predicted octanol–water partition coefficient (Wildman–Crippen LogP) is 3.42. The molecule has 0 unspecified atom stereocenters. The highest BCUT2D eigenvalue weighted by atomic mass is 127. The molecule has 0 saturated carbocycles. The highest BCUT2D eigenvalue weighted by Crippen LogP contribution is 2.21. The number of rotatable bonds is 7. The molecule has 7 nitrogen and oxygen atoms in total. The second-order valence-electron chi connectivity index (χ2n) is 6.25. The molecule has 0 radical (unpaired) electrons. The molecule has 9 heteroatoms. The van der Waals surface area contributed by atoms with Gasteiger partial charge in [0.1, 0.15) is 12.4 Å². The summed E-state index contributed by atoms with van der Waals surface area (Å²) in [6.07, 6.45) is 1.47. The van der Waals surface area contributed by atoms with Gasteiger partial charge in [-0.05, 0) is 71.5 Å². The fourth-order valence-corrected chi connectivity index (χ4v) is 4.33. The monoisotopic (exact) mass is 534 g/mol. The molecule has 0 spiro atoms. The van der Waals surface area contributed by atoms with E-state index < -0.39 is 22.5 Å². The maximum absolute atomic E-state index is 13.1. The van der Waals surface area contributed by atoms with Gasteiger partial charge in [0.15, 0.2) is 0 Å². The van der Waals surface area contributed by atoms with E-state index >= 15 is 0 Å². The number of carbonyl (C=O) groups excluding carboxylic acids is 1. The third-order valence-corrected chi connectivity index (χ3v) is 6.62. The summed E-state index contributed by atoms with van der Waals surface area (Å²) in [5.74, 6) is -0.431. The van der Waals surface area contributed by atoms with Gasteiger partial charge in [0.05, 0.1) is 10.6 Å². The highest BCUT2D eigenvalue weighted by Gasteiger charge is 2.27. The van der Waals surface area contributed by atoms with Crippen molar-refractivity contribution in [3.8, 4) is 0 Å². The fraction of sp³-hybridized carbons (Fsp3) is 0.0952. The minimum atomic E-state index is -3.98. The summed E-state index contributed by atoms with van der Waals surface area (Å²) in [4.78, 5) is 16.7. The Balaban J connectivity index is 1.82. The number of anilines is 1. The van der Waals surface area contributed by atoms with Gasteiger partial charge in [0, 0.05) is 9.77 Å². The molecule has 1 aromatic heterocycles. The van der Waals surface area contributed by atoms with Crippen LogP contribution in [0.4, 0.5) is 5.82 Å². The lowest BCUT2D eigenvalue weighted by atomic mass is 10.1. The number of pyridine rings is 1. The molecule has 1 N–H and O–H groups in total. The van der Waals surface area contributed by atoms with E-state index in [2.05, 4.69) is 38.1 Å². The fourth-order valence-electron chi connectivity index (χ4n) is 2.58. The normalized spacial score (nSPS) is 11.7. The quantitative estimate of drug-likeness (QED) is 0.286. The molecule has 0 fully saturated rings. The molecular formula is C21H19IN4O3S. The Morgan fingerprint density at radius 2 is 1.70 bits per heavy atom. The Morgan fingerprint density at radius 1 is 1.03 bits per heavy atom. The third-order valence-electron chi connectivity index (χ3n) is 4.13. The Morgan fingerprint density at radius 3 is 2.33 bits per heavy atom. The van der Waals surface area contributed by atoms with Crippen molar-refractivity contribution < 1.29 is 13.2 Å². The minimum absolute atomic E-state index is 0.0713. The van der Waals surface area contributed by atoms with Crippen LogP contribution in [0.3, 0.4) is 0 Å². The van der Waals surface area contributed by atoms with Gasteiger partial charge in [-0.2, -0.15) is 5.10 Å². The first-order valence-electron chi connectivity index (χ1n) is 8.96. The number of amides is 1. The molecule has 0 atom stereocenters. The Labute approximate surface area is 189 Å². The van der Waals surface area contributed by atoms with Crippen LogP contribution in [0.15, 0.2) is 89.0 Å². The van der Waals surface area contributed by atoms with Crippen molar-refractivity contribution in [2.45, 2.75) is 11.8 Å². The van der Waals surface area contributed by atoms with Gasteiger partial charge in [-0.1, -0.05) is 36.4 Å². The van der Waals surface area contributed by atoms with Crippen molar-refractivity contribution >= 4 is 50.1 Å². The van der Waals surface area contributed by atoms with E-state index in [9.17, 15) is 13.2 Å². The number of hydrogen-bond donors (Lipinski definition) is 1. The van der Waals surface area contributed by atoms with Crippen LogP contribution in [-0.4, -0.2) is 31.6 Å². The summed E-state index contributed by atoms with van der Waals surface area (Å²) < 4.78 is 28.3. The van der Waals surface area contributed by atoms with E-state index in [4.69, 9.17) is 0 Å². The van der Waals surface area contributed by atoms with Crippen LogP contribution in [0, 0.1) is 3.57 Å². The number of nitrogens with zero attached hydrogens (tertiary/aromatic N) is 3. The number of benzene rings is 2. The van der Waals surface area contributed by atoms with Crippen LogP contribution in [0.5, 0.6) is 0 Å². The lowest BCUT2D eigenvalue weighted by molar-refractivity contribution is -0.119. The van der Waals surface area contributed by atoms with E-state index in [0.717, 1.165) is 13.4 Å². The van der Waals surface area contributed by atoms with Crippen molar-refractivity contribution in [1.82, 2.24) is 10.4 Å². The van der Waals surface area contributed by atoms with E-state index in [-0.39, 0.29) is 10.7 Å². The predicted molar refractivity (Wildman–Crippen MR) is 125 cm³/mol. The zero-order chi connectivity index (χ0) is 21.6. The molecule has 2 aromatic carbocycles. The number of halogens is 1. The summed E-state index contributed by atoms with van der Waals surface area (Å²) in [5, 5.41) is 4.10. The first-order valence-corrected chi connectivity index (χ1v) is 11.5. The van der Waals surface area contributed by atoms with Crippen LogP contribution in [-0.2, 0) is 14.8 Å². The average Bonchev–Trinajstić information content (AvgIpc) is 2.77. The lowest BCUT2D eigenvalue weighted by Gasteiger charge is -2.22. The molecule has 0 bridgehead atoms. The van der Waals surface area contributed by atoms with Gasteiger partial charge in [-0.25, -0.2) is 23.1 Å². The van der Waals surface area contributed by atoms with Crippen LogP contribution in [0.1, 0.15) is 12.5 Å². The molecule has 154 valence electrons. The first-order chi connectivity index (χ1) is 14.4. The molecule has 1 heterocycles.